The molecule has 0 bridgehead atoms. The number of fused-ring (bicyclic) bond motifs is 1. The molecule has 2 rings (SSSR count). The summed E-state index contributed by atoms with van der Waals surface area (Å²) in [5.74, 6) is 3.16. The van der Waals surface area contributed by atoms with Gasteiger partial charge in [-0.15, -0.1) is 12.3 Å². The summed E-state index contributed by atoms with van der Waals surface area (Å²) in [6.07, 6.45) is 9.38. The number of rotatable bonds is 4. The van der Waals surface area contributed by atoms with Crippen LogP contribution in [-0.2, 0) is 9.59 Å². The average Bonchev–Trinajstić information content (AvgIpc) is 2.77. The van der Waals surface area contributed by atoms with E-state index in [2.05, 4.69) is 12.8 Å². The molecule has 1 saturated carbocycles. The van der Waals surface area contributed by atoms with Gasteiger partial charge < -0.3 is 0 Å². The first-order valence-corrected chi connectivity index (χ1v) is 6.43. The van der Waals surface area contributed by atoms with Crippen LogP contribution in [0.2, 0.25) is 0 Å². The Morgan fingerprint density at radius 2 is 1.82 bits per heavy atom. The van der Waals surface area contributed by atoms with Crippen LogP contribution >= 0.6 is 0 Å². The van der Waals surface area contributed by atoms with Gasteiger partial charge in [-0.25, -0.2) is 0 Å². The van der Waals surface area contributed by atoms with Gasteiger partial charge in [0.05, 0.1) is 11.8 Å². The van der Waals surface area contributed by atoms with Crippen molar-refractivity contribution in [3.63, 3.8) is 0 Å². The summed E-state index contributed by atoms with van der Waals surface area (Å²) in [5.41, 5.74) is 0. The van der Waals surface area contributed by atoms with Crippen LogP contribution in [0.5, 0.6) is 0 Å². The second-order valence-electron chi connectivity index (χ2n) is 5.28. The zero-order chi connectivity index (χ0) is 12.4. The molecule has 2 aliphatic rings. The lowest BCUT2D eigenvalue weighted by Crippen LogP contribution is -2.33. The van der Waals surface area contributed by atoms with E-state index in [-0.39, 0.29) is 23.7 Å². The molecule has 2 unspecified atom stereocenters. The molecule has 92 valence electrons. The molecule has 0 radical (unpaired) electrons. The van der Waals surface area contributed by atoms with E-state index in [4.69, 9.17) is 6.42 Å². The molecule has 2 atom stereocenters. The second-order valence-corrected chi connectivity index (χ2v) is 5.28. The van der Waals surface area contributed by atoms with Crippen LogP contribution < -0.4 is 0 Å². The molecular weight excluding hydrogens is 214 g/mol. The number of likely N-dealkylation sites (tertiary alicyclic amines) is 1. The van der Waals surface area contributed by atoms with E-state index in [0.717, 1.165) is 32.1 Å². The summed E-state index contributed by atoms with van der Waals surface area (Å²) >= 11 is 0. The maximum Gasteiger partial charge on any atom is 0.233 e. The molecule has 0 aromatic rings. The van der Waals surface area contributed by atoms with E-state index >= 15 is 0 Å². The molecular formula is C14H19NO2. The number of nitrogens with zero attached hydrogens (tertiary/aromatic N) is 1. The number of amides is 2. The molecule has 3 nitrogen and oxygen atoms in total. The molecule has 1 heterocycles. The maximum absolute atomic E-state index is 12.1. The molecule has 3 heteroatoms. The molecule has 2 amide bonds. The van der Waals surface area contributed by atoms with Crippen molar-refractivity contribution in [2.24, 2.45) is 17.8 Å². The highest BCUT2D eigenvalue weighted by Gasteiger charge is 2.51. The Morgan fingerprint density at radius 3 is 2.35 bits per heavy atom. The van der Waals surface area contributed by atoms with E-state index in [1.165, 1.54) is 4.90 Å². The van der Waals surface area contributed by atoms with Crippen molar-refractivity contribution in [3.8, 4) is 12.3 Å². The van der Waals surface area contributed by atoms with Crippen LogP contribution in [0, 0.1) is 30.1 Å². The minimum atomic E-state index is -0.0230. The minimum absolute atomic E-state index is 0.0230. The molecule has 2 fully saturated rings. The van der Waals surface area contributed by atoms with Gasteiger partial charge in [0.1, 0.15) is 0 Å². The van der Waals surface area contributed by atoms with Gasteiger partial charge in [0.25, 0.3) is 0 Å². The molecule has 0 spiro atoms. The van der Waals surface area contributed by atoms with Crippen LogP contribution in [0.15, 0.2) is 0 Å². The Hall–Kier alpha value is -1.30. The normalized spacial score (nSPS) is 31.8. The smallest absolute Gasteiger partial charge is 0.233 e. The third-order valence-corrected chi connectivity index (χ3v) is 3.92. The Balaban J connectivity index is 1.91. The standard InChI is InChI=1S/C14H19NO2/c1-3-4-5-6-7-15-13(16)11-8-10(2)9-12(11)14(15)17/h1,10-12H,4-9H2,2H3. The third kappa shape index (κ3) is 2.22. The first-order chi connectivity index (χ1) is 8.15. The van der Waals surface area contributed by atoms with Crippen molar-refractivity contribution in [3.05, 3.63) is 0 Å². The van der Waals surface area contributed by atoms with Gasteiger partial charge in [0.2, 0.25) is 11.8 Å². The lowest BCUT2D eigenvalue weighted by Gasteiger charge is -2.16. The summed E-state index contributed by atoms with van der Waals surface area (Å²) in [6, 6.07) is 0. The number of hydrogen-bond donors (Lipinski definition) is 0. The van der Waals surface area contributed by atoms with E-state index < -0.39 is 0 Å². The lowest BCUT2D eigenvalue weighted by molar-refractivity contribution is -0.140. The number of hydrogen-bond acceptors (Lipinski definition) is 2. The Labute approximate surface area is 103 Å². The third-order valence-electron chi connectivity index (χ3n) is 3.92. The zero-order valence-corrected chi connectivity index (χ0v) is 10.3. The van der Waals surface area contributed by atoms with Crippen molar-refractivity contribution < 1.29 is 9.59 Å². The topological polar surface area (TPSA) is 37.4 Å². The van der Waals surface area contributed by atoms with Crippen molar-refractivity contribution >= 4 is 11.8 Å². The van der Waals surface area contributed by atoms with E-state index in [1.54, 1.807) is 0 Å². The summed E-state index contributed by atoms with van der Waals surface area (Å²) in [4.78, 5) is 25.6. The first kappa shape index (κ1) is 12.2. The molecule has 0 aromatic carbocycles. The maximum atomic E-state index is 12.1. The van der Waals surface area contributed by atoms with Gasteiger partial charge in [-0.05, 0) is 31.6 Å². The predicted octanol–water partition coefficient (Wildman–Crippen LogP) is 1.82. The Morgan fingerprint density at radius 1 is 1.24 bits per heavy atom. The fourth-order valence-electron chi connectivity index (χ4n) is 3.06. The second kappa shape index (κ2) is 4.91. The van der Waals surface area contributed by atoms with Crippen molar-refractivity contribution in [2.45, 2.75) is 39.0 Å². The molecule has 1 aliphatic heterocycles. The Kier molecular flexibility index (Phi) is 3.51. The largest absolute Gasteiger partial charge is 0.282 e. The summed E-state index contributed by atoms with van der Waals surface area (Å²) in [7, 11) is 0. The molecule has 1 saturated heterocycles. The van der Waals surface area contributed by atoms with Crippen LogP contribution in [0.4, 0.5) is 0 Å². The minimum Gasteiger partial charge on any atom is -0.282 e. The highest BCUT2D eigenvalue weighted by Crippen LogP contribution is 2.42. The predicted molar refractivity (Wildman–Crippen MR) is 64.8 cm³/mol. The zero-order valence-electron chi connectivity index (χ0n) is 10.3. The van der Waals surface area contributed by atoms with Crippen LogP contribution in [-0.4, -0.2) is 23.3 Å². The van der Waals surface area contributed by atoms with Crippen LogP contribution in [0.3, 0.4) is 0 Å². The summed E-state index contributed by atoms with van der Waals surface area (Å²) < 4.78 is 0. The Bertz CT molecular complexity index is 345. The van der Waals surface area contributed by atoms with E-state index in [0.29, 0.717) is 12.5 Å². The SMILES string of the molecule is C#CCCCCN1C(=O)C2CC(C)CC2C1=O. The van der Waals surface area contributed by atoms with Gasteiger partial charge in [-0.2, -0.15) is 0 Å². The average molecular weight is 233 g/mol. The van der Waals surface area contributed by atoms with Gasteiger partial charge >= 0.3 is 0 Å². The fourth-order valence-corrected chi connectivity index (χ4v) is 3.06. The number of carbonyl (C=O) groups excluding carboxylic acids is 2. The van der Waals surface area contributed by atoms with Gasteiger partial charge in [-0.3, -0.25) is 14.5 Å². The molecule has 0 N–H and O–H groups in total. The van der Waals surface area contributed by atoms with Crippen LogP contribution in [0.25, 0.3) is 0 Å². The number of terminal acetylenes is 1. The fraction of sp³-hybridized carbons (Fsp3) is 0.714. The molecule has 17 heavy (non-hydrogen) atoms. The first-order valence-electron chi connectivity index (χ1n) is 6.43. The summed E-state index contributed by atoms with van der Waals surface area (Å²) in [5, 5.41) is 0. The highest BCUT2D eigenvalue weighted by molar-refractivity contribution is 6.05. The quantitative estimate of drug-likeness (QED) is 0.422. The molecule has 1 aliphatic carbocycles. The highest BCUT2D eigenvalue weighted by atomic mass is 16.2. The number of carbonyl (C=O) groups is 2. The monoisotopic (exact) mass is 233 g/mol. The van der Waals surface area contributed by atoms with E-state index in [9.17, 15) is 9.59 Å². The van der Waals surface area contributed by atoms with Crippen molar-refractivity contribution in [2.75, 3.05) is 6.54 Å². The number of imide groups is 1. The summed E-state index contributed by atoms with van der Waals surface area (Å²) in [6.45, 7) is 2.68. The van der Waals surface area contributed by atoms with Gasteiger partial charge in [0, 0.05) is 13.0 Å². The van der Waals surface area contributed by atoms with Gasteiger partial charge in [-0.1, -0.05) is 6.92 Å². The molecule has 0 aromatic heterocycles. The van der Waals surface area contributed by atoms with Gasteiger partial charge in [0.15, 0.2) is 0 Å². The van der Waals surface area contributed by atoms with Crippen molar-refractivity contribution in [1.29, 1.82) is 0 Å². The van der Waals surface area contributed by atoms with Crippen molar-refractivity contribution in [1.82, 2.24) is 4.90 Å². The van der Waals surface area contributed by atoms with Crippen LogP contribution in [0.1, 0.15) is 39.0 Å². The number of unbranched alkanes of at least 4 members (excludes halogenated alkanes) is 2. The van der Waals surface area contributed by atoms with E-state index in [1.807, 2.05) is 0 Å². The lowest BCUT2D eigenvalue weighted by atomic mass is 10.00.